The van der Waals surface area contributed by atoms with Crippen LogP contribution in [0.25, 0.3) is 10.7 Å². The average molecular weight is 290 g/mol. The molecular formula is C14H18N4OS. The zero-order valence-electron chi connectivity index (χ0n) is 11.9. The topological polar surface area (TPSA) is 51.1 Å². The van der Waals surface area contributed by atoms with Gasteiger partial charge in [0.05, 0.1) is 11.7 Å². The highest BCUT2D eigenvalue weighted by Gasteiger charge is 2.32. The number of nitrogens with zero attached hydrogens (tertiary/aromatic N) is 4. The van der Waals surface area contributed by atoms with E-state index in [-0.39, 0.29) is 11.7 Å². The van der Waals surface area contributed by atoms with E-state index in [1.54, 1.807) is 17.5 Å². The summed E-state index contributed by atoms with van der Waals surface area (Å²) in [5.41, 5.74) is 0.714. The minimum absolute atomic E-state index is 0.158. The van der Waals surface area contributed by atoms with E-state index in [4.69, 9.17) is 4.74 Å². The van der Waals surface area contributed by atoms with Gasteiger partial charge >= 0.3 is 0 Å². The summed E-state index contributed by atoms with van der Waals surface area (Å²) in [6.07, 6.45) is 1.97. The third-order valence-corrected chi connectivity index (χ3v) is 4.14. The molecule has 0 aromatic carbocycles. The molecule has 0 radical (unpaired) electrons. The molecule has 1 aliphatic heterocycles. The van der Waals surface area contributed by atoms with Crippen LogP contribution in [0.2, 0.25) is 0 Å². The summed E-state index contributed by atoms with van der Waals surface area (Å²) in [7, 11) is 0. The van der Waals surface area contributed by atoms with E-state index in [9.17, 15) is 0 Å². The third kappa shape index (κ3) is 2.81. The molecule has 0 bridgehead atoms. The van der Waals surface area contributed by atoms with Gasteiger partial charge in [-0.25, -0.2) is 0 Å². The van der Waals surface area contributed by atoms with Gasteiger partial charge in [-0.1, -0.05) is 17.4 Å². The van der Waals surface area contributed by atoms with Crippen LogP contribution in [0.1, 0.15) is 20.8 Å². The molecule has 0 amide bonds. The van der Waals surface area contributed by atoms with Gasteiger partial charge in [0, 0.05) is 19.3 Å². The van der Waals surface area contributed by atoms with Gasteiger partial charge in [-0.15, -0.1) is 10.2 Å². The quantitative estimate of drug-likeness (QED) is 0.851. The lowest BCUT2D eigenvalue weighted by molar-refractivity contribution is -0.0750. The van der Waals surface area contributed by atoms with Gasteiger partial charge in [0.1, 0.15) is 5.69 Å². The standard InChI is InChI=1S/C14H18N4OS/c1-10-8-18(9-14(2,3)19-10)13-17-16-12(20-13)11-6-4-5-7-15-11/h4-7,10H,8-9H2,1-3H3/t10-/m1/s1. The van der Waals surface area contributed by atoms with Crippen molar-refractivity contribution < 1.29 is 4.74 Å². The summed E-state index contributed by atoms with van der Waals surface area (Å²) in [6.45, 7) is 7.98. The predicted molar refractivity (Wildman–Crippen MR) is 80.0 cm³/mol. The van der Waals surface area contributed by atoms with Crippen LogP contribution in [0.3, 0.4) is 0 Å². The first kappa shape index (κ1) is 13.5. The summed E-state index contributed by atoms with van der Waals surface area (Å²) >= 11 is 1.58. The van der Waals surface area contributed by atoms with E-state index in [2.05, 4.69) is 40.9 Å². The first-order valence-electron chi connectivity index (χ1n) is 6.71. The minimum atomic E-state index is -0.158. The van der Waals surface area contributed by atoms with E-state index >= 15 is 0 Å². The summed E-state index contributed by atoms with van der Waals surface area (Å²) in [6, 6.07) is 5.82. The van der Waals surface area contributed by atoms with Crippen LogP contribution < -0.4 is 4.90 Å². The number of ether oxygens (including phenoxy) is 1. The lowest BCUT2D eigenvalue weighted by Crippen LogP contribution is -2.52. The second-order valence-electron chi connectivity index (χ2n) is 5.67. The molecule has 5 nitrogen and oxygen atoms in total. The second-order valence-corrected chi connectivity index (χ2v) is 6.63. The molecule has 1 aliphatic rings. The molecule has 20 heavy (non-hydrogen) atoms. The molecule has 1 fully saturated rings. The Labute approximate surface area is 122 Å². The van der Waals surface area contributed by atoms with Crippen molar-refractivity contribution in [2.24, 2.45) is 0 Å². The minimum Gasteiger partial charge on any atom is -0.369 e. The first-order valence-corrected chi connectivity index (χ1v) is 7.53. The molecule has 3 rings (SSSR count). The van der Waals surface area contributed by atoms with Crippen molar-refractivity contribution in [1.29, 1.82) is 0 Å². The van der Waals surface area contributed by atoms with Crippen molar-refractivity contribution in [3.8, 4) is 10.7 Å². The van der Waals surface area contributed by atoms with Gasteiger partial charge in [0.15, 0.2) is 5.01 Å². The van der Waals surface area contributed by atoms with E-state index in [1.807, 2.05) is 18.2 Å². The predicted octanol–water partition coefficient (Wildman–Crippen LogP) is 2.60. The van der Waals surface area contributed by atoms with Gasteiger partial charge < -0.3 is 9.64 Å². The highest BCUT2D eigenvalue weighted by molar-refractivity contribution is 7.18. The number of hydrogen-bond acceptors (Lipinski definition) is 6. The molecule has 0 N–H and O–H groups in total. The number of morpholine rings is 1. The molecule has 0 unspecified atom stereocenters. The van der Waals surface area contributed by atoms with E-state index < -0.39 is 0 Å². The van der Waals surface area contributed by atoms with Gasteiger partial charge in [0.2, 0.25) is 5.13 Å². The van der Waals surface area contributed by atoms with E-state index in [1.165, 1.54) is 0 Å². The normalized spacial score (nSPS) is 21.9. The number of hydrogen-bond donors (Lipinski definition) is 0. The van der Waals surface area contributed by atoms with Crippen molar-refractivity contribution in [3.63, 3.8) is 0 Å². The molecule has 1 saturated heterocycles. The molecule has 106 valence electrons. The van der Waals surface area contributed by atoms with E-state index in [0.717, 1.165) is 28.9 Å². The Morgan fingerprint density at radius 2 is 2.20 bits per heavy atom. The number of aromatic nitrogens is 3. The summed E-state index contributed by atoms with van der Waals surface area (Å²) in [5, 5.41) is 10.4. The van der Waals surface area contributed by atoms with Crippen LogP contribution in [0.5, 0.6) is 0 Å². The fourth-order valence-electron chi connectivity index (χ4n) is 2.54. The summed E-state index contributed by atoms with van der Waals surface area (Å²) in [5.74, 6) is 0. The van der Waals surface area contributed by atoms with Crippen LogP contribution in [0.15, 0.2) is 24.4 Å². The average Bonchev–Trinajstić information content (AvgIpc) is 2.87. The lowest BCUT2D eigenvalue weighted by Gasteiger charge is -2.41. The highest BCUT2D eigenvalue weighted by atomic mass is 32.1. The maximum Gasteiger partial charge on any atom is 0.208 e. The van der Waals surface area contributed by atoms with Crippen molar-refractivity contribution in [2.75, 3.05) is 18.0 Å². The fraction of sp³-hybridized carbons (Fsp3) is 0.500. The Hall–Kier alpha value is -1.53. The summed E-state index contributed by atoms with van der Waals surface area (Å²) < 4.78 is 5.92. The highest BCUT2D eigenvalue weighted by Crippen LogP contribution is 2.31. The Morgan fingerprint density at radius 1 is 1.35 bits per heavy atom. The van der Waals surface area contributed by atoms with Crippen molar-refractivity contribution in [3.05, 3.63) is 24.4 Å². The molecule has 0 aliphatic carbocycles. The van der Waals surface area contributed by atoms with Crippen molar-refractivity contribution >= 4 is 16.5 Å². The number of pyridine rings is 1. The molecule has 1 atom stereocenters. The summed E-state index contributed by atoms with van der Waals surface area (Å²) in [4.78, 5) is 6.56. The molecule has 0 saturated carbocycles. The van der Waals surface area contributed by atoms with Crippen LogP contribution in [-0.2, 0) is 4.74 Å². The zero-order chi connectivity index (χ0) is 14.2. The maximum absolute atomic E-state index is 5.92. The third-order valence-electron chi connectivity index (χ3n) is 3.14. The second kappa shape index (κ2) is 5.10. The van der Waals surface area contributed by atoms with Crippen LogP contribution in [-0.4, -0.2) is 40.0 Å². The smallest absolute Gasteiger partial charge is 0.208 e. The van der Waals surface area contributed by atoms with Gasteiger partial charge in [-0.2, -0.15) is 0 Å². The molecule has 2 aromatic heterocycles. The monoisotopic (exact) mass is 290 g/mol. The zero-order valence-corrected chi connectivity index (χ0v) is 12.7. The Morgan fingerprint density at radius 3 is 2.90 bits per heavy atom. The van der Waals surface area contributed by atoms with Crippen molar-refractivity contribution in [1.82, 2.24) is 15.2 Å². The fourth-order valence-corrected chi connectivity index (χ4v) is 3.37. The first-order chi connectivity index (χ1) is 9.53. The Bertz CT molecular complexity index is 584. The molecule has 2 aromatic rings. The van der Waals surface area contributed by atoms with Crippen LogP contribution in [0, 0.1) is 0 Å². The molecule has 0 spiro atoms. The number of anilines is 1. The van der Waals surface area contributed by atoms with Crippen LogP contribution >= 0.6 is 11.3 Å². The van der Waals surface area contributed by atoms with Gasteiger partial charge in [-0.3, -0.25) is 4.98 Å². The SMILES string of the molecule is C[C@@H]1CN(c2nnc(-c3ccccn3)s2)CC(C)(C)O1. The molecular weight excluding hydrogens is 272 g/mol. The van der Waals surface area contributed by atoms with Crippen molar-refractivity contribution in [2.45, 2.75) is 32.5 Å². The number of rotatable bonds is 2. The Kier molecular flexibility index (Phi) is 3.43. The van der Waals surface area contributed by atoms with Crippen LogP contribution in [0.4, 0.5) is 5.13 Å². The van der Waals surface area contributed by atoms with E-state index in [0.29, 0.717) is 0 Å². The largest absolute Gasteiger partial charge is 0.369 e. The molecule has 3 heterocycles. The Balaban J connectivity index is 1.83. The maximum atomic E-state index is 5.92. The van der Waals surface area contributed by atoms with Gasteiger partial charge in [0.25, 0.3) is 0 Å². The van der Waals surface area contributed by atoms with Gasteiger partial charge in [-0.05, 0) is 32.9 Å². The molecule has 6 heteroatoms. The lowest BCUT2D eigenvalue weighted by atomic mass is 10.1.